The number of amides is 2. The van der Waals surface area contributed by atoms with Crippen LogP contribution in [0.1, 0.15) is 11.4 Å². The zero-order valence-corrected chi connectivity index (χ0v) is 24.5. The Morgan fingerprint density at radius 1 is 0.633 bits per heavy atom. The summed E-state index contributed by atoms with van der Waals surface area (Å²) in [6, 6.07) is 16.5. The molecule has 6 aromatic rings. The van der Waals surface area contributed by atoms with Crippen molar-refractivity contribution < 1.29 is 39.9 Å². The summed E-state index contributed by atoms with van der Waals surface area (Å²) in [6.45, 7) is 0. The van der Waals surface area contributed by atoms with Gasteiger partial charge in [-0.15, -0.1) is 0 Å². The van der Waals surface area contributed by atoms with Crippen LogP contribution >= 0.6 is 0 Å². The molecule has 0 atom stereocenters. The van der Waals surface area contributed by atoms with E-state index in [-0.39, 0.29) is 28.7 Å². The van der Waals surface area contributed by atoms with E-state index in [1.807, 2.05) is 0 Å². The van der Waals surface area contributed by atoms with Crippen molar-refractivity contribution in [2.24, 2.45) is 5.73 Å². The first-order valence-electron chi connectivity index (χ1n) is 13.7. The molecule has 4 aromatic heterocycles. The summed E-state index contributed by atoms with van der Waals surface area (Å²) in [5.74, 6) is -0.791. The number of hydrogen-bond acceptors (Lipinski definition) is 6. The van der Waals surface area contributed by atoms with Gasteiger partial charge in [-0.25, -0.2) is 32.9 Å². The highest BCUT2D eigenvalue weighted by molar-refractivity contribution is 5.87. The number of nitrogens with two attached hydrogens (primary N) is 2. The Kier molecular flexibility index (Phi) is 9.32. The lowest BCUT2D eigenvalue weighted by Gasteiger charge is -2.09. The highest BCUT2D eigenvalue weighted by Gasteiger charge is 2.36. The van der Waals surface area contributed by atoms with Crippen LogP contribution in [-0.4, -0.2) is 35.6 Å². The number of alkyl halides is 6. The van der Waals surface area contributed by atoms with Crippen molar-refractivity contribution in [1.29, 1.82) is 0 Å². The van der Waals surface area contributed by atoms with E-state index in [0.717, 1.165) is 45.8 Å². The van der Waals surface area contributed by atoms with E-state index in [4.69, 9.17) is 11.5 Å². The van der Waals surface area contributed by atoms with Crippen molar-refractivity contribution in [3.63, 3.8) is 0 Å². The molecule has 0 aliphatic rings. The van der Waals surface area contributed by atoms with E-state index in [2.05, 4.69) is 25.5 Å². The van der Waals surface area contributed by atoms with Gasteiger partial charge in [-0.1, -0.05) is 0 Å². The third-order valence-electron chi connectivity index (χ3n) is 6.53. The van der Waals surface area contributed by atoms with Gasteiger partial charge in [0.15, 0.2) is 11.4 Å². The number of carbonyl (C=O) groups is 1. The molecule has 10 nitrogen and oxygen atoms in total. The van der Waals surface area contributed by atoms with Crippen LogP contribution in [0.3, 0.4) is 0 Å². The fourth-order valence-electron chi connectivity index (χ4n) is 4.40. The quantitative estimate of drug-likeness (QED) is 0.163. The van der Waals surface area contributed by atoms with E-state index in [0.29, 0.717) is 16.8 Å². The first-order valence-corrected chi connectivity index (χ1v) is 13.7. The minimum atomic E-state index is -4.67. The predicted molar refractivity (Wildman–Crippen MR) is 161 cm³/mol. The molecule has 2 aromatic carbocycles. The topological polar surface area (TPSA) is 143 Å². The number of anilines is 2. The number of pyridine rings is 2. The van der Waals surface area contributed by atoms with Crippen LogP contribution < -0.4 is 16.8 Å². The lowest BCUT2D eigenvalue weighted by atomic mass is 10.1. The lowest BCUT2D eigenvalue weighted by molar-refractivity contribution is -0.142. The second kappa shape index (κ2) is 13.4. The molecule has 0 spiro atoms. The average Bonchev–Trinajstić information content (AvgIpc) is 3.69. The number of benzene rings is 2. The molecule has 0 aliphatic heterocycles. The Bertz CT molecular complexity index is 2090. The fraction of sp³-hybridized carbons (Fsp3) is 0.0645. The first kappa shape index (κ1) is 34.0. The Morgan fingerprint density at radius 2 is 1.06 bits per heavy atom. The number of urea groups is 1. The van der Waals surface area contributed by atoms with Gasteiger partial charge in [0.2, 0.25) is 0 Å². The van der Waals surface area contributed by atoms with Crippen molar-refractivity contribution in [3.8, 4) is 33.9 Å². The number of halogens is 8. The third kappa shape index (κ3) is 8.16. The monoisotopic (exact) mass is 687 g/mol. The summed E-state index contributed by atoms with van der Waals surface area (Å²) < 4.78 is 107. The molecular formula is C31H21F8N9O. The second-order valence-corrected chi connectivity index (χ2v) is 9.99. The van der Waals surface area contributed by atoms with Gasteiger partial charge < -0.3 is 11.5 Å². The summed E-state index contributed by atoms with van der Waals surface area (Å²) in [5, 5.41) is 9.43. The van der Waals surface area contributed by atoms with E-state index in [9.17, 15) is 39.9 Å². The lowest BCUT2D eigenvalue weighted by Crippen LogP contribution is -2.19. The number of aromatic nitrogens is 6. The summed E-state index contributed by atoms with van der Waals surface area (Å²) in [6.07, 6.45) is -6.57. The number of carbonyl (C=O) groups excluding carboxylic acids is 1. The molecule has 5 N–H and O–H groups in total. The number of hydrogen-bond donors (Lipinski definition) is 3. The van der Waals surface area contributed by atoms with Gasteiger partial charge in [-0.3, -0.25) is 5.32 Å². The number of nitrogens with one attached hydrogen (secondary N) is 1. The van der Waals surface area contributed by atoms with Crippen molar-refractivity contribution >= 4 is 17.7 Å². The Labute approximate surface area is 270 Å². The molecule has 4 heterocycles. The molecule has 0 aliphatic carbocycles. The highest BCUT2D eigenvalue weighted by atomic mass is 19.4. The van der Waals surface area contributed by atoms with E-state index >= 15 is 0 Å². The molecule has 6 rings (SSSR count). The minimum absolute atomic E-state index is 0.0652. The largest absolute Gasteiger partial charge is 0.435 e. The minimum Gasteiger partial charge on any atom is -0.384 e. The number of nitrogens with zero attached hydrogens (tertiary/aromatic N) is 6. The SMILES string of the molecule is NC(=O)Nc1cc(-c2cc(C(F)(F)F)nn2-c2ccc(F)cc2)ccn1.Nc1cc(-c2cc(C(F)(F)F)nn2-c2ccc(F)cc2)ccn1. The van der Waals surface area contributed by atoms with Gasteiger partial charge in [0, 0.05) is 23.5 Å². The average molecular weight is 688 g/mol. The molecule has 0 fully saturated rings. The zero-order valence-electron chi connectivity index (χ0n) is 24.5. The normalized spacial score (nSPS) is 11.5. The molecule has 0 bridgehead atoms. The van der Waals surface area contributed by atoms with Crippen LogP contribution in [0.2, 0.25) is 0 Å². The van der Waals surface area contributed by atoms with Gasteiger partial charge in [0.05, 0.1) is 22.8 Å². The second-order valence-electron chi connectivity index (χ2n) is 9.99. The summed E-state index contributed by atoms with van der Waals surface area (Å²) in [5.41, 5.74) is 9.96. The molecule has 49 heavy (non-hydrogen) atoms. The maximum atomic E-state index is 13.1. The molecule has 252 valence electrons. The number of rotatable bonds is 5. The van der Waals surface area contributed by atoms with Crippen molar-refractivity contribution in [2.45, 2.75) is 12.4 Å². The summed E-state index contributed by atoms with van der Waals surface area (Å²) in [7, 11) is 0. The standard InChI is InChI=1S/C16H11F4N5O.C15H10F4N4/c17-10-1-3-11(4-2-10)25-12(8-13(24-25)16(18,19)20)9-5-6-22-14(7-9)23-15(21)26;16-10-1-3-11(4-2-10)23-12(8-13(22-23)15(17,18)19)9-5-6-21-14(20)7-9/h1-8H,(H3,21,22,23,26);1-8H,(H2,20,21). The zero-order chi connectivity index (χ0) is 35.5. The van der Waals surface area contributed by atoms with Crippen LogP contribution in [0, 0.1) is 11.6 Å². The number of nitrogen functional groups attached to an aromatic ring is 1. The van der Waals surface area contributed by atoms with Gasteiger partial charge in [-0.05, 0) is 84.9 Å². The summed E-state index contributed by atoms with van der Waals surface area (Å²) >= 11 is 0. The molecule has 0 saturated heterocycles. The maximum absolute atomic E-state index is 13.1. The van der Waals surface area contributed by atoms with E-state index in [1.54, 1.807) is 0 Å². The third-order valence-corrected chi connectivity index (χ3v) is 6.53. The van der Waals surface area contributed by atoms with Crippen LogP contribution in [-0.2, 0) is 12.4 Å². The summed E-state index contributed by atoms with van der Waals surface area (Å²) in [4.78, 5) is 18.6. The van der Waals surface area contributed by atoms with Crippen molar-refractivity contribution in [2.75, 3.05) is 11.1 Å². The smallest absolute Gasteiger partial charge is 0.384 e. The fourth-order valence-corrected chi connectivity index (χ4v) is 4.40. The van der Waals surface area contributed by atoms with Crippen molar-refractivity contribution in [1.82, 2.24) is 29.5 Å². The Balaban J connectivity index is 0.000000192. The molecule has 2 amide bonds. The molecule has 0 saturated carbocycles. The van der Waals surface area contributed by atoms with Gasteiger partial charge in [0.1, 0.15) is 23.3 Å². The van der Waals surface area contributed by atoms with Crippen LogP contribution in [0.5, 0.6) is 0 Å². The molecule has 0 radical (unpaired) electrons. The molecule has 0 unspecified atom stereocenters. The van der Waals surface area contributed by atoms with E-state index < -0.39 is 41.4 Å². The van der Waals surface area contributed by atoms with Gasteiger partial charge >= 0.3 is 18.4 Å². The van der Waals surface area contributed by atoms with E-state index in [1.165, 1.54) is 60.9 Å². The highest BCUT2D eigenvalue weighted by Crippen LogP contribution is 2.35. The van der Waals surface area contributed by atoms with Gasteiger partial charge in [0.25, 0.3) is 0 Å². The molecule has 18 heteroatoms. The predicted octanol–water partition coefficient (Wildman–Crippen LogP) is 7.26. The first-order chi connectivity index (χ1) is 23.1. The maximum Gasteiger partial charge on any atom is 0.435 e. The van der Waals surface area contributed by atoms with Crippen LogP contribution in [0.25, 0.3) is 33.9 Å². The Hall–Kier alpha value is -6.33. The van der Waals surface area contributed by atoms with Crippen LogP contribution in [0.4, 0.5) is 51.6 Å². The van der Waals surface area contributed by atoms with Crippen LogP contribution in [0.15, 0.2) is 97.3 Å². The number of primary amides is 1. The Morgan fingerprint density at radius 3 is 1.47 bits per heavy atom. The van der Waals surface area contributed by atoms with Gasteiger partial charge in [-0.2, -0.15) is 36.5 Å². The van der Waals surface area contributed by atoms with Crippen molar-refractivity contribution in [3.05, 3.63) is 120 Å². The molecular weight excluding hydrogens is 666 g/mol.